The largest absolute Gasteiger partial charge is 0.384 e. The van der Waals surface area contributed by atoms with Gasteiger partial charge in [0.1, 0.15) is 10.7 Å². The van der Waals surface area contributed by atoms with Crippen molar-refractivity contribution in [2.75, 3.05) is 16.6 Å². The minimum Gasteiger partial charge on any atom is -0.384 e. The average molecular weight is 309 g/mol. The van der Waals surface area contributed by atoms with E-state index >= 15 is 0 Å². The van der Waals surface area contributed by atoms with Gasteiger partial charge >= 0.3 is 0 Å². The molecule has 0 aliphatic carbocycles. The molecule has 112 valence electrons. The van der Waals surface area contributed by atoms with Gasteiger partial charge in [-0.1, -0.05) is 12.1 Å². The fourth-order valence-electron chi connectivity index (χ4n) is 1.88. The maximum Gasteiger partial charge on any atom is 0.265 e. The van der Waals surface area contributed by atoms with Crippen molar-refractivity contribution in [1.29, 1.82) is 0 Å². The number of hydrogen-bond acceptors (Lipinski definition) is 4. The highest BCUT2D eigenvalue weighted by Gasteiger charge is 2.21. The third-order valence-electron chi connectivity index (χ3n) is 2.90. The van der Waals surface area contributed by atoms with Crippen LogP contribution in [0.4, 0.5) is 15.8 Å². The molecule has 2 aromatic rings. The van der Waals surface area contributed by atoms with E-state index in [1.54, 1.807) is 19.1 Å². The van der Waals surface area contributed by atoms with E-state index < -0.39 is 15.8 Å². The number of aryl methyl sites for hydroxylation is 1. The average Bonchev–Trinajstić information content (AvgIpc) is 2.44. The molecular weight excluding hydrogens is 293 g/mol. The third-order valence-corrected chi connectivity index (χ3v) is 4.28. The van der Waals surface area contributed by atoms with Crippen molar-refractivity contribution in [2.24, 2.45) is 0 Å². The van der Waals surface area contributed by atoms with Crippen LogP contribution in [0.1, 0.15) is 12.5 Å². The van der Waals surface area contributed by atoms with E-state index in [1.807, 2.05) is 6.92 Å². The Labute approximate surface area is 123 Å². The van der Waals surface area contributed by atoms with Crippen LogP contribution in [-0.2, 0) is 10.0 Å². The van der Waals surface area contributed by atoms with Crippen molar-refractivity contribution in [2.45, 2.75) is 18.7 Å². The number of para-hydroxylation sites is 1. The first kappa shape index (κ1) is 15.2. The molecule has 7 heteroatoms. The number of hydrogen-bond donors (Lipinski definition) is 2. The first-order valence-corrected chi connectivity index (χ1v) is 7.90. The van der Waals surface area contributed by atoms with Gasteiger partial charge in [-0.2, -0.15) is 0 Å². The first-order chi connectivity index (χ1) is 9.95. The van der Waals surface area contributed by atoms with Crippen LogP contribution < -0.4 is 10.0 Å². The molecule has 5 nitrogen and oxygen atoms in total. The highest BCUT2D eigenvalue weighted by atomic mass is 32.2. The predicted octanol–water partition coefficient (Wildman–Crippen LogP) is 2.76. The molecular formula is C14H16FN3O2S. The number of aromatic nitrogens is 1. The van der Waals surface area contributed by atoms with Crippen LogP contribution in [0.25, 0.3) is 0 Å². The van der Waals surface area contributed by atoms with E-state index in [-0.39, 0.29) is 10.6 Å². The van der Waals surface area contributed by atoms with Crippen LogP contribution in [0.15, 0.2) is 41.6 Å². The summed E-state index contributed by atoms with van der Waals surface area (Å²) in [6, 6.07) is 5.93. The van der Waals surface area contributed by atoms with Gasteiger partial charge in [0, 0.05) is 18.9 Å². The smallest absolute Gasteiger partial charge is 0.265 e. The van der Waals surface area contributed by atoms with Crippen molar-refractivity contribution < 1.29 is 12.8 Å². The van der Waals surface area contributed by atoms with Gasteiger partial charge in [-0.15, -0.1) is 0 Å². The molecule has 0 bridgehead atoms. The molecule has 2 rings (SSSR count). The van der Waals surface area contributed by atoms with Crippen molar-refractivity contribution in [3.05, 3.63) is 48.0 Å². The van der Waals surface area contributed by atoms with E-state index in [0.29, 0.717) is 17.8 Å². The van der Waals surface area contributed by atoms with E-state index in [1.165, 1.54) is 24.5 Å². The van der Waals surface area contributed by atoms with Crippen molar-refractivity contribution in [3.8, 4) is 0 Å². The number of rotatable bonds is 5. The van der Waals surface area contributed by atoms with E-state index in [4.69, 9.17) is 0 Å². The second kappa shape index (κ2) is 6.09. The molecule has 0 spiro atoms. The van der Waals surface area contributed by atoms with Gasteiger partial charge in [0.15, 0.2) is 0 Å². The SMILES string of the molecule is CCNc1ccncc1S(=O)(=O)Nc1c(C)cccc1F. The summed E-state index contributed by atoms with van der Waals surface area (Å²) in [4.78, 5) is 3.81. The van der Waals surface area contributed by atoms with Gasteiger partial charge < -0.3 is 5.32 Å². The van der Waals surface area contributed by atoms with Crippen molar-refractivity contribution in [1.82, 2.24) is 4.98 Å². The zero-order chi connectivity index (χ0) is 15.5. The summed E-state index contributed by atoms with van der Waals surface area (Å²) >= 11 is 0. The van der Waals surface area contributed by atoms with Gasteiger partial charge in [0.25, 0.3) is 10.0 Å². The van der Waals surface area contributed by atoms with Gasteiger partial charge in [0.05, 0.1) is 11.4 Å². The summed E-state index contributed by atoms with van der Waals surface area (Å²) < 4.78 is 41.0. The monoisotopic (exact) mass is 309 g/mol. The summed E-state index contributed by atoms with van der Waals surface area (Å²) in [7, 11) is -3.93. The fraction of sp³-hybridized carbons (Fsp3) is 0.214. The lowest BCUT2D eigenvalue weighted by Gasteiger charge is -2.14. The molecule has 1 aromatic heterocycles. The molecule has 0 saturated heterocycles. The Hall–Kier alpha value is -2.15. The highest BCUT2D eigenvalue weighted by molar-refractivity contribution is 7.92. The Bertz CT molecular complexity index is 727. The lowest BCUT2D eigenvalue weighted by atomic mass is 10.2. The second-order valence-electron chi connectivity index (χ2n) is 4.44. The lowest BCUT2D eigenvalue weighted by molar-refractivity contribution is 0.598. The van der Waals surface area contributed by atoms with Gasteiger partial charge in [-0.05, 0) is 31.5 Å². The zero-order valence-electron chi connectivity index (χ0n) is 11.7. The van der Waals surface area contributed by atoms with Gasteiger partial charge in [0.2, 0.25) is 0 Å². The Balaban J connectivity index is 2.44. The first-order valence-electron chi connectivity index (χ1n) is 6.41. The quantitative estimate of drug-likeness (QED) is 0.891. The molecule has 1 heterocycles. The Morgan fingerprint density at radius 2 is 2.05 bits per heavy atom. The molecule has 0 unspecified atom stereocenters. The van der Waals surface area contributed by atoms with E-state index in [0.717, 1.165) is 0 Å². The molecule has 0 saturated carbocycles. The molecule has 0 amide bonds. The topological polar surface area (TPSA) is 71.1 Å². The second-order valence-corrected chi connectivity index (χ2v) is 6.09. The molecule has 0 radical (unpaired) electrons. The van der Waals surface area contributed by atoms with Gasteiger partial charge in [-0.25, -0.2) is 12.8 Å². The fourth-order valence-corrected chi connectivity index (χ4v) is 3.15. The molecule has 2 N–H and O–H groups in total. The number of nitrogens with one attached hydrogen (secondary N) is 2. The summed E-state index contributed by atoms with van der Waals surface area (Å²) in [5, 5.41) is 2.94. The number of benzene rings is 1. The van der Waals surface area contributed by atoms with Gasteiger partial charge in [-0.3, -0.25) is 9.71 Å². The molecule has 1 aromatic carbocycles. The number of nitrogens with zero attached hydrogens (tertiary/aromatic N) is 1. The maximum atomic E-state index is 13.8. The normalized spacial score (nSPS) is 11.2. The maximum absolute atomic E-state index is 13.8. The van der Waals surface area contributed by atoms with Crippen LogP contribution >= 0.6 is 0 Å². The number of anilines is 2. The summed E-state index contributed by atoms with van der Waals surface area (Å²) in [5.74, 6) is -0.618. The lowest BCUT2D eigenvalue weighted by Crippen LogP contribution is -2.17. The van der Waals surface area contributed by atoms with Crippen molar-refractivity contribution >= 4 is 21.4 Å². The summed E-state index contributed by atoms with van der Waals surface area (Å²) in [6.45, 7) is 4.05. The Morgan fingerprint density at radius 3 is 2.71 bits per heavy atom. The van der Waals surface area contributed by atoms with Crippen molar-refractivity contribution in [3.63, 3.8) is 0 Å². The van der Waals surface area contributed by atoms with Crippen LogP contribution in [0.5, 0.6) is 0 Å². The molecule has 0 aliphatic heterocycles. The molecule has 0 atom stereocenters. The highest BCUT2D eigenvalue weighted by Crippen LogP contribution is 2.26. The zero-order valence-corrected chi connectivity index (χ0v) is 12.5. The standard InChI is InChI=1S/C14H16FN3O2S/c1-3-17-12-7-8-16-9-13(12)21(19,20)18-14-10(2)5-4-6-11(14)15/h4-9,18H,3H2,1-2H3,(H,16,17). The number of pyridine rings is 1. The number of sulfonamides is 1. The molecule has 0 aliphatic rings. The predicted molar refractivity (Wildman–Crippen MR) is 80.3 cm³/mol. The third kappa shape index (κ3) is 3.30. The minimum atomic E-state index is -3.93. The van der Waals surface area contributed by atoms with Crippen LogP contribution in [-0.4, -0.2) is 19.9 Å². The minimum absolute atomic E-state index is 0.0190. The molecule has 21 heavy (non-hydrogen) atoms. The van der Waals surface area contributed by atoms with Crippen LogP contribution in [0.3, 0.4) is 0 Å². The molecule has 0 fully saturated rings. The van der Waals surface area contributed by atoms with E-state index in [2.05, 4.69) is 15.0 Å². The van der Waals surface area contributed by atoms with Crippen LogP contribution in [0, 0.1) is 12.7 Å². The summed E-state index contributed by atoms with van der Waals surface area (Å²) in [5.41, 5.74) is 0.880. The Kier molecular flexibility index (Phi) is 4.42. The summed E-state index contributed by atoms with van der Waals surface area (Å²) in [6.07, 6.45) is 2.72. The van der Waals surface area contributed by atoms with Crippen LogP contribution in [0.2, 0.25) is 0 Å². The number of halogens is 1. The Morgan fingerprint density at radius 1 is 1.29 bits per heavy atom. The van der Waals surface area contributed by atoms with E-state index in [9.17, 15) is 12.8 Å².